The summed E-state index contributed by atoms with van der Waals surface area (Å²) in [7, 11) is 0. The van der Waals surface area contributed by atoms with Crippen LogP contribution in [0.2, 0.25) is 0 Å². The third-order valence-corrected chi connectivity index (χ3v) is 7.96. The Morgan fingerprint density at radius 1 is 0.975 bits per heavy atom. The van der Waals surface area contributed by atoms with Gasteiger partial charge in [0, 0.05) is 34.8 Å². The summed E-state index contributed by atoms with van der Waals surface area (Å²) in [4.78, 5) is 26.8. The largest absolute Gasteiger partial charge is 0.493 e. The number of rotatable bonds is 7. The lowest BCUT2D eigenvalue weighted by Crippen LogP contribution is -2.27. The van der Waals surface area contributed by atoms with Gasteiger partial charge in [0.25, 0.3) is 5.56 Å². The molecule has 0 aliphatic rings. The maximum absolute atomic E-state index is 15.3. The smallest absolute Gasteiger partial charge is 0.265 e. The minimum absolute atomic E-state index is 0.0447. The van der Waals surface area contributed by atoms with Crippen LogP contribution in [0.5, 0.6) is 5.88 Å². The summed E-state index contributed by atoms with van der Waals surface area (Å²) >= 11 is 1.34. The number of benzene rings is 2. The van der Waals surface area contributed by atoms with E-state index in [-0.39, 0.29) is 28.9 Å². The lowest BCUT2D eigenvalue weighted by Gasteiger charge is -2.19. The number of hydrogen-bond acceptors (Lipinski definition) is 6. The molecule has 40 heavy (non-hydrogen) atoms. The summed E-state index contributed by atoms with van der Waals surface area (Å²) < 4.78 is 30.8. The molecule has 0 saturated heterocycles. The molecule has 0 spiro atoms. The van der Waals surface area contributed by atoms with E-state index in [1.807, 2.05) is 44.4 Å². The third kappa shape index (κ3) is 4.93. The van der Waals surface area contributed by atoms with Gasteiger partial charge in [0.15, 0.2) is 10.8 Å². The number of para-hydroxylation sites is 1. The van der Waals surface area contributed by atoms with Crippen molar-refractivity contribution in [3.05, 3.63) is 110 Å². The second-order valence-corrected chi connectivity index (χ2v) is 10.4. The van der Waals surface area contributed by atoms with Crippen molar-refractivity contribution < 1.29 is 13.9 Å². The van der Waals surface area contributed by atoms with Crippen LogP contribution in [0.1, 0.15) is 47.4 Å². The highest BCUT2D eigenvalue weighted by atomic mass is 32.1. The summed E-state index contributed by atoms with van der Waals surface area (Å²) in [5.41, 5.74) is 4.37. The minimum Gasteiger partial charge on any atom is -0.493 e. The van der Waals surface area contributed by atoms with Crippen molar-refractivity contribution in [1.82, 2.24) is 19.5 Å². The van der Waals surface area contributed by atoms with E-state index in [0.717, 1.165) is 22.5 Å². The molecule has 3 aromatic heterocycles. The van der Waals surface area contributed by atoms with Crippen LogP contribution in [0.25, 0.3) is 27.6 Å². The fourth-order valence-electron chi connectivity index (χ4n) is 4.90. The standard InChI is InChI=1S/C31H28F2N4O2S/c1-5-20-8-7-9-21(6-2)26(20)37-28(30-35-17(3)16-40-30)36-29(38)24(31(37)39)14-19-10-11-23(25(32)15-19)22-12-13-34-27(33)18(22)4/h7-13,15-16,38H,5-6,14H2,1-4H3. The Kier molecular flexibility index (Phi) is 7.58. The SMILES string of the molecule is CCc1cccc(CC)c1-n1c(-c2nc(C)cs2)nc(O)c(Cc2ccc(-c3ccnc(F)c3C)c(F)c2)c1=O. The van der Waals surface area contributed by atoms with E-state index >= 15 is 4.39 Å². The lowest BCUT2D eigenvalue weighted by molar-refractivity contribution is 0.443. The van der Waals surface area contributed by atoms with Gasteiger partial charge in [0.1, 0.15) is 5.82 Å². The van der Waals surface area contributed by atoms with Gasteiger partial charge < -0.3 is 5.11 Å². The van der Waals surface area contributed by atoms with Crippen LogP contribution >= 0.6 is 11.3 Å². The van der Waals surface area contributed by atoms with Crippen LogP contribution in [0, 0.1) is 25.6 Å². The summed E-state index contributed by atoms with van der Waals surface area (Å²) in [6.45, 7) is 7.44. The number of hydrogen-bond donors (Lipinski definition) is 1. The second-order valence-electron chi connectivity index (χ2n) is 9.57. The van der Waals surface area contributed by atoms with Crippen molar-refractivity contribution in [3.63, 3.8) is 0 Å². The quantitative estimate of drug-likeness (QED) is 0.224. The lowest BCUT2D eigenvalue weighted by atomic mass is 9.98. The van der Waals surface area contributed by atoms with Crippen LogP contribution < -0.4 is 5.56 Å². The number of thiazole rings is 1. The zero-order chi connectivity index (χ0) is 28.6. The first-order chi connectivity index (χ1) is 19.2. The fraction of sp³-hybridized carbons (Fsp3) is 0.226. The summed E-state index contributed by atoms with van der Waals surface area (Å²) in [5.74, 6) is -1.39. The maximum Gasteiger partial charge on any atom is 0.265 e. The van der Waals surface area contributed by atoms with Crippen molar-refractivity contribution in [2.24, 2.45) is 0 Å². The molecule has 6 nitrogen and oxygen atoms in total. The van der Waals surface area contributed by atoms with E-state index in [9.17, 15) is 14.3 Å². The molecule has 0 fully saturated rings. The van der Waals surface area contributed by atoms with Crippen LogP contribution in [0.3, 0.4) is 0 Å². The molecule has 0 bridgehead atoms. The summed E-state index contributed by atoms with van der Waals surface area (Å²) in [6.07, 6.45) is 2.61. The van der Waals surface area contributed by atoms with E-state index in [1.165, 1.54) is 23.6 Å². The first kappa shape index (κ1) is 27.3. The van der Waals surface area contributed by atoms with Crippen LogP contribution in [-0.4, -0.2) is 24.6 Å². The van der Waals surface area contributed by atoms with E-state index < -0.39 is 23.2 Å². The Morgan fingerprint density at radius 2 is 1.70 bits per heavy atom. The molecule has 5 aromatic rings. The highest BCUT2D eigenvalue weighted by Crippen LogP contribution is 2.31. The Balaban J connectivity index is 1.67. The predicted octanol–water partition coefficient (Wildman–Crippen LogP) is 6.73. The molecule has 2 aromatic carbocycles. The highest BCUT2D eigenvalue weighted by Gasteiger charge is 2.24. The average Bonchev–Trinajstić information content (AvgIpc) is 3.38. The van der Waals surface area contributed by atoms with E-state index in [1.54, 1.807) is 29.7 Å². The zero-order valence-corrected chi connectivity index (χ0v) is 23.4. The molecule has 204 valence electrons. The molecule has 0 radical (unpaired) electrons. The molecular formula is C31H28F2N4O2S. The van der Waals surface area contributed by atoms with E-state index in [4.69, 9.17) is 0 Å². The Bertz CT molecular complexity index is 1770. The molecule has 0 saturated carbocycles. The number of aromatic hydroxyl groups is 1. The number of pyridine rings is 1. The second kappa shape index (κ2) is 11.1. The predicted molar refractivity (Wildman–Crippen MR) is 153 cm³/mol. The monoisotopic (exact) mass is 558 g/mol. The molecule has 0 amide bonds. The van der Waals surface area contributed by atoms with Crippen LogP contribution in [0.4, 0.5) is 8.78 Å². The molecule has 5 rings (SSSR count). The topological polar surface area (TPSA) is 80.9 Å². The van der Waals surface area contributed by atoms with Gasteiger partial charge in [-0.2, -0.15) is 9.37 Å². The first-order valence-corrected chi connectivity index (χ1v) is 13.9. The molecule has 3 heterocycles. The van der Waals surface area contributed by atoms with Gasteiger partial charge in [-0.25, -0.2) is 14.4 Å². The van der Waals surface area contributed by atoms with Gasteiger partial charge in [-0.15, -0.1) is 11.3 Å². The van der Waals surface area contributed by atoms with Gasteiger partial charge >= 0.3 is 0 Å². The van der Waals surface area contributed by atoms with Crippen molar-refractivity contribution in [2.45, 2.75) is 47.0 Å². The molecule has 0 aliphatic heterocycles. The van der Waals surface area contributed by atoms with Gasteiger partial charge in [-0.1, -0.05) is 44.2 Å². The Morgan fingerprint density at radius 3 is 2.33 bits per heavy atom. The molecule has 1 N–H and O–H groups in total. The van der Waals surface area contributed by atoms with Crippen molar-refractivity contribution in [1.29, 1.82) is 0 Å². The molecular weight excluding hydrogens is 530 g/mol. The van der Waals surface area contributed by atoms with E-state index in [2.05, 4.69) is 15.0 Å². The van der Waals surface area contributed by atoms with Gasteiger partial charge in [-0.05, 0) is 61.1 Å². The van der Waals surface area contributed by atoms with Crippen molar-refractivity contribution in [2.75, 3.05) is 0 Å². The van der Waals surface area contributed by atoms with Crippen molar-refractivity contribution >= 4 is 11.3 Å². The zero-order valence-electron chi connectivity index (χ0n) is 22.6. The van der Waals surface area contributed by atoms with Gasteiger partial charge in [0.05, 0.1) is 11.3 Å². The molecule has 0 unspecified atom stereocenters. The Labute approximate surface area is 234 Å². The maximum atomic E-state index is 15.3. The number of aromatic nitrogens is 4. The fourth-order valence-corrected chi connectivity index (χ4v) is 5.68. The number of nitrogens with zero attached hydrogens (tertiary/aromatic N) is 4. The van der Waals surface area contributed by atoms with Crippen molar-refractivity contribution in [3.8, 4) is 33.5 Å². The Hall–Kier alpha value is -4.24. The van der Waals surface area contributed by atoms with Crippen LogP contribution in [0.15, 0.2) is 58.8 Å². The minimum atomic E-state index is -0.660. The highest BCUT2D eigenvalue weighted by molar-refractivity contribution is 7.13. The van der Waals surface area contributed by atoms with Gasteiger partial charge in [-0.3, -0.25) is 9.36 Å². The van der Waals surface area contributed by atoms with Crippen LogP contribution in [-0.2, 0) is 19.3 Å². The summed E-state index contributed by atoms with van der Waals surface area (Å²) in [6, 6.07) is 12.0. The van der Waals surface area contributed by atoms with Gasteiger partial charge in [0.2, 0.25) is 11.8 Å². The normalized spacial score (nSPS) is 11.2. The number of halogens is 2. The van der Waals surface area contributed by atoms with E-state index in [0.29, 0.717) is 29.0 Å². The molecule has 0 atom stereocenters. The molecule has 0 aliphatic carbocycles. The molecule has 9 heteroatoms. The first-order valence-electron chi connectivity index (χ1n) is 13.0. The number of aryl methyl sites for hydroxylation is 3. The third-order valence-electron chi connectivity index (χ3n) is 7.00. The summed E-state index contributed by atoms with van der Waals surface area (Å²) in [5, 5.41) is 13.4. The average molecular weight is 559 g/mol.